The van der Waals surface area contributed by atoms with E-state index in [0.717, 1.165) is 24.0 Å². The molecule has 1 N–H and O–H groups in total. The lowest BCUT2D eigenvalue weighted by Gasteiger charge is -2.25. The molecule has 1 fully saturated rings. The quantitative estimate of drug-likeness (QED) is 0.285. The van der Waals surface area contributed by atoms with Crippen molar-refractivity contribution >= 4 is 45.1 Å². The monoisotopic (exact) mass is 529 g/mol. The second-order valence-electron chi connectivity index (χ2n) is 10.1. The lowest BCUT2D eigenvalue weighted by atomic mass is 9.85. The van der Waals surface area contributed by atoms with Crippen molar-refractivity contribution in [2.24, 2.45) is 0 Å². The number of aliphatic hydroxyl groups excluding tert-OH is 1. The highest BCUT2D eigenvalue weighted by atomic mass is 35.5. The average molecular weight is 530 g/mol. The van der Waals surface area contributed by atoms with E-state index in [1.807, 2.05) is 39.0 Å². The molecule has 1 aromatic heterocycles. The van der Waals surface area contributed by atoms with Crippen molar-refractivity contribution < 1.29 is 13.7 Å². The summed E-state index contributed by atoms with van der Waals surface area (Å²) in [5, 5.41) is 12.6. The highest BCUT2D eigenvalue weighted by Gasteiger charge is 2.31. The van der Waals surface area contributed by atoms with Crippen molar-refractivity contribution in [3.8, 4) is 0 Å². The van der Waals surface area contributed by atoms with Gasteiger partial charge in [-0.15, -0.1) is 0 Å². The number of nitrogens with zero attached hydrogens (tertiary/aromatic N) is 1. The van der Waals surface area contributed by atoms with Gasteiger partial charge in [0.05, 0.1) is 21.1 Å². The zero-order valence-corrected chi connectivity index (χ0v) is 22.0. The standard InChI is InChI=1S/C28H26Cl2FNO2S/c1-28(2,3)20-11-12-21(29)25(26(20)30)27(33)24-15-19-22(31)13-17(16-9-10-16)14-23(19)32(24)35(34)18-7-5-4-6-8-18/h4-8,11-16,27,33H,9-10H2,1-3H3. The maximum absolute atomic E-state index is 15.3. The van der Waals surface area contributed by atoms with Crippen LogP contribution >= 0.6 is 23.2 Å². The van der Waals surface area contributed by atoms with Crippen LogP contribution in [0.2, 0.25) is 10.0 Å². The molecule has 1 aliphatic rings. The fourth-order valence-corrected chi connectivity index (χ4v) is 6.63. The van der Waals surface area contributed by atoms with Crippen molar-refractivity contribution in [3.63, 3.8) is 0 Å². The number of hydrogen-bond acceptors (Lipinski definition) is 2. The molecule has 0 aliphatic heterocycles. The lowest BCUT2D eigenvalue weighted by molar-refractivity contribution is 0.215. The summed E-state index contributed by atoms with van der Waals surface area (Å²) in [4.78, 5) is 0.538. The third-order valence-electron chi connectivity index (χ3n) is 6.52. The molecule has 1 saturated carbocycles. The summed E-state index contributed by atoms with van der Waals surface area (Å²) in [6, 6.07) is 17.5. The summed E-state index contributed by atoms with van der Waals surface area (Å²) in [6.45, 7) is 6.07. The van der Waals surface area contributed by atoms with E-state index in [9.17, 15) is 9.32 Å². The van der Waals surface area contributed by atoms with Gasteiger partial charge in [-0.2, -0.15) is 0 Å². The molecule has 3 nitrogen and oxygen atoms in total. The molecule has 3 aromatic carbocycles. The van der Waals surface area contributed by atoms with Crippen molar-refractivity contribution in [2.75, 3.05) is 0 Å². The minimum Gasteiger partial charge on any atom is -0.382 e. The molecule has 2 atom stereocenters. The third-order valence-corrected chi connectivity index (χ3v) is 8.67. The van der Waals surface area contributed by atoms with Crippen LogP contribution in [0, 0.1) is 5.82 Å². The Kier molecular flexibility index (Phi) is 6.33. The average Bonchev–Trinajstić information content (AvgIpc) is 3.58. The number of hydrogen-bond donors (Lipinski definition) is 1. The van der Waals surface area contributed by atoms with Gasteiger partial charge in [0.1, 0.15) is 11.9 Å². The first-order valence-corrected chi connectivity index (χ1v) is 13.4. The van der Waals surface area contributed by atoms with Gasteiger partial charge in [-0.05, 0) is 71.7 Å². The second-order valence-corrected chi connectivity index (χ2v) is 12.2. The Labute approximate surface area is 217 Å². The first-order valence-electron chi connectivity index (χ1n) is 11.6. The lowest BCUT2D eigenvalue weighted by Crippen LogP contribution is -2.16. The van der Waals surface area contributed by atoms with Gasteiger partial charge in [0.25, 0.3) is 0 Å². The van der Waals surface area contributed by atoms with Crippen LogP contribution in [0.3, 0.4) is 0 Å². The Morgan fingerprint density at radius 3 is 2.37 bits per heavy atom. The highest BCUT2D eigenvalue weighted by molar-refractivity contribution is 7.83. The number of aromatic nitrogens is 1. The first-order chi connectivity index (χ1) is 16.6. The van der Waals surface area contributed by atoms with E-state index >= 15 is 4.39 Å². The number of fused-ring (bicyclic) bond motifs is 1. The van der Waals surface area contributed by atoms with Crippen LogP contribution in [-0.2, 0) is 16.4 Å². The molecule has 5 rings (SSSR count). The number of rotatable bonds is 5. The summed E-state index contributed by atoms with van der Waals surface area (Å²) in [6.07, 6.45) is 0.697. The van der Waals surface area contributed by atoms with E-state index in [0.29, 0.717) is 32.3 Å². The zero-order chi connectivity index (χ0) is 25.1. The van der Waals surface area contributed by atoms with Crippen LogP contribution in [0.4, 0.5) is 4.39 Å². The molecule has 1 heterocycles. The molecule has 2 unspecified atom stereocenters. The van der Waals surface area contributed by atoms with Gasteiger partial charge >= 0.3 is 0 Å². The van der Waals surface area contributed by atoms with Crippen molar-refractivity contribution in [3.05, 3.63) is 98.9 Å². The van der Waals surface area contributed by atoms with Crippen LogP contribution in [0.25, 0.3) is 10.9 Å². The molecule has 0 amide bonds. The predicted octanol–water partition coefficient (Wildman–Crippen LogP) is 7.91. The van der Waals surface area contributed by atoms with E-state index < -0.39 is 22.9 Å². The molecule has 0 radical (unpaired) electrons. The predicted molar refractivity (Wildman–Crippen MR) is 141 cm³/mol. The number of halogens is 3. The van der Waals surface area contributed by atoms with Crippen LogP contribution in [0.15, 0.2) is 65.6 Å². The molecule has 0 saturated heterocycles. The van der Waals surface area contributed by atoms with Crippen LogP contribution < -0.4 is 0 Å². The fraction of sp³-hybridized carbons (Fsp3) is 0.286. The van der Waals surface area contributed by atoms with Gasteiger partial charge in [0.2, 0.25) is 0 Å². The van der Waals surface area contributed by atoms with Crippen molar-refractivity contribution in [1.82, 2.24) is 3.97 Å². The van der Waals surface area contributed by atoms with Crippen molar-refractivity contribution in [1.29, 1.82) is 0 Å². The summed E-state index contributed by atoms with van der Waals surface area (Å²) >= 11 is 13.3. The number of aliphatic hydroxyl groups is 1. The van der Waals surface area contributed by atoms with Crippen molar-refractivity contribution in [2.45, 2.75) is 55.9 Å². The molecule has 182 valence electrons. The van der Waals surface area contributed by atoms with E-state index in [4.69, 9.17) is 23.2 Å². The van der Waals surface area contributed by atoms with E-state index in [1.165, 1.54) is 3.97 Å². The molecule has 0 spiro atoms. The third kappa shape index (κ3) is 4.44. The zero-order valence-electron chi connectivity index (χ0n) is 19.7. The van der Waals surface area contributed by atoms with Gasteiger partial charge in [-0.3, -0.25) is 3.97 Å². The number of benzene rings is 3. The summed E-state index contributed by atoms with van der Waals surface area (Å²) in [5.74, 6) is -0.0922. The Hall–Kier alpha value is -2.18. The molecule has 0 bridgehead atoms. The molecular formula is C28H26Cl2FNO2S. The maximum atomic E-state index is 15.3. The van der Waals surface area contributed by atoms with Gasteiger partial charge < -0.3 is 5.11 Å². The van der Waals surface area contributed by atoms with Gasteiger partial charge in [-0.25, -0.2) is 8.60 Å². The second kappa shape index (κ2) is 9.04. The van der Waals surface area contributed by atoms with Crippen LogP contribution in [-0.4, -0.2) is 13.3 Å². The topological polar surface area (TPSA) is 42.2 Å². The van der Waals surface area contributed by atoms with E-state index in [-0.39, 0.29) is 16.1 Å². The van der Waals surface area contributed by atoms with Crippen LogP contribution in [0.1, 0.15) is 68.0 Å². The molecule has 7 heteroatoms. The van der Waals surface area contributed by atoms with E-state index in [2.05, 4.69) is 0 Å². The minimum atomic E-state index is -1.74. The van der Waals surface area contributed by atoms with Gasteiger partial charge in [0, 0.05) is 16.0 Å². The molecule has 1 aliphatic carbocycles. The fourth-order valence-electron chi connectivity index (χ4n) is 4.50. The minimum absolute atomic E-state index is 0.267. The normalized spacial score (nSPS) is 16.0. The Balaban J connectivity index is 1.77. The highest BCUT2D eigenvalue weighted by Crippen LogP contribution is 2.44. The van der Waals surface area contributed by atoms with Crippen LogP contribution in [0.5, 0.6) is 0 Å². The van der Waals surface area contributed by atoms with E-state index in [1.54, 1.807) is 42.5 Å². The molecule has 35 heavy (non-hydrogen) atoms. The largest absolute Gasteiger partial charge is 0.382 e. The Morgan fingerprint density at radius 1 is 1.06 bits per heavy atom. The summed E-state index contributed by atoms with van der Waals surface area (Å²) in [7, 11) is -1.74. The summed E-state index contributed by atoms with van der Waals surface area (Å²) < 4.78 is 30.7. The summed E-state index contributed by atoms with van der Waals surface area (Å²) in [5.41, 5.74) is 2.47. The van der Waals surface area contributed by atoms with Gasteiger partial charge in [0.15, 0.2) is 11.0 Å². The maximum Gasteiger partial charge on any atom is 0.157 e. The SMILES string of the molecule is CC(C)(C)c1ccc(Cl)c(C(O)c2cc3c(F)cc(C4CC4)cc3n2S(=O)c2ccccc2)c1Cl. The molecular weight excluding hydrogens is 504 g/mol. The first kappa shape index (κ1) is 24.5. The Morgan fingerprint density at radius 2 is 1.74 bits per heavy atom. The van der Waals surface area contributed by atoms with Gasteiger partial charge in [-0.1, -0.05) is 68.2 Å². The molecule has 4 aromatic rings. The Bertz CT molecular complexity index is 1460. The smallest absolute Gasteiger partial charge is 0.157 e.